The molecule has 1 aromatic heterocycles. The molecule has 2 atom stereocenters. The van der Waals surface area contributed by atoms with Crippen molar-refractivity contribution in [3.05, 3.63) is 65.5 Å². The lowest BCUT2D eigenvalue weighted by molar-refractivity contribution is -0.0691. The van der Waals surface area contributed by atoms with Crippen molar-refractivity contribution >= 4 is 5.91 Å². The maximum Gasteiger partial charge on any atom is 0.254 e. The third-order valence-electron chi connectivity index (χ3n) is 3.92. The quantitative estimate of drug-likeness (QED) is 0.855. The SMILES string of the molecule is Cc1ccc(C2CN(C(=O)c3ccncc3)CC(C)O2)cc1. The summed E-state index contributed by atoms with van der Waals surface area (Å²) in [4.78, 5) is 18.5. The van der Waals surface area contributed by atoms with Crippen molar-refractivity contribution in [3.63, 3.8) is 0 Å². The highest BCUT2D eigenvalue weighted by Crippen LogP contribution is 2.26. The van der Waals surface area contributed by atoms with Crippen molar-refractivity contribution < 1.29 is 9.53 Å². The lowest BCUT2D eigenvalue weighted by atomic mass is 10.0. The third-order valence-corrected chi connectivity index (χ3v) is 3.92. The van der Waals surface area contributed by atoms with Crippen molar-refractivity contribution in [2.45, 2.75) is 26.1 Å². The van der Waals surface area contributed by atoms with Gasteiger partial charge < -0.3 is 9.64 Å². The number of nitrogens with zero attached hydrogens (tertiary/aromatic N) is 2. The molecule has 4 heteroatoms. The van der Waals surface area contributed by atoms with E-state index in [2.05, 4.69) is 36.2 Å². The Morgan fingerprint density at radius 1 is 1.14 bits per heavy atom. The van der Waals surface area contributed by atoms with Crippen LogP contribution in [0.4, 0.5) is 0 Å². The van der Waals surface area contributed by atoms with Crippen molar-refractivity contribution in [2.24, 2.45) is 0 Å². The van der Waals surface area contributed by atoms with Crippen LogP contribution in [0.1, 0.15) is 34.5 Å². The van der Waals surface area contributed by atoms with Crippen LogP contribution in [0.2, 0.25) is 0 Å². The second kappa shape index (κ2) is 6.28. The summed E-state index contributed by atoms with van der Waals surface area (Å²) in [5, 5.41) is 0. The molecular formula is C18H20N2O2. The molecule has 1 aliphatic rings. The van der Waals surface area contributed by atoms with E-state index < -0.39 is 0 Å². The van der Waals surface area contributed by atoms with Gasteiger partial charge in [-0.1, -0.05) is 29.8 Å². The molecule has 0 aliphatic carbocycles. The topological polar surface area (TPSA) is 42.4 Å². The molecule has 1 aromatic carbocycles. The zero-order valence-electron chi connectivity index (χ0n) is 12.9. The van der Waals surface area contributed by atoms with E-state index >= 15 is 0 Å². The van der Waals surface area contributed by atoms with Gasteiger partial charge in [0.05, 0.1) is 12.6 Å². The number of carbonyl (C=O) groups excluding carboxylic acids is 1. The van der Waals surface area contributed by atoms with Crippen LogP contribution in [0.3, 0.4) is 0 Å². The zero-order chi connectivity index (χ0) is 15.5. The average molecular weight is 296 g/mol. The number of benzene rings is 1. The number of morpholine rings is 1. The van der Waals surface area contributed by atoms with Crippen molar-refractivity contribution in [2.75, 3.05) is 13.1 Å². The minimum atomic E-state index is -0.0739. The molecule has 114 valence electrons. The van der Waals surface area contributed by atoms with Crippen LogP contribution in [0.25, 0.3) is 0 Å². The van der Waals surface area contributed by atoms with Crippen LogP contribution in [-0.2, 0) is 4.74 Å². The number of amides is 1. The Kier molecular flexibility index (Phi) is 4.20. The summed E-state index contributed by atoms with van der Waals surface area (Å²) < 4.78 is 6.02. The van der Waals surface area contributed by atoms with Gasteiger partial charge in [-0.15, -0.1) is 0 Å². The first kappa shape index (κ1) is 14.7. The average Bonchev–Trinajstić information content (AvgIpc) is 2.55. The van der Waals surface area contributed by atoms with E-state index in [1.807, 2.05) is 11.8 Å². The van der Waals surface area contributed by atoms with Crippen LogP contribution in [-0.4, -0.2) is 35.0 Å². The van der Waals surface area contributed by atoms with Gasteiger partial charge in [0, 0.05) is 24.5 Å². The fraction of sp³-hybridized carbons (Fsp3) is 0.333. The molecular weight excluding hydrogens is 276 g/mol. The number of hydrogen-bond donors (Lipinski definition) is 0. The van der Waals surface area contributed by atoms with Crippen LogP contribution >= 0.6 is 0 Å². The van der Waals surface area contributed by atoms with Crippen molar-refractivity contribution in [1.82, 2.24) is 9.88 Å². The number of rotatable bonds is 2. The van der Waals surface area contributed by atoms with Crippen LogP contribution in [0.5, 0.6) is 0 Å². The number of pyridine rings is 1. The largest absolute Gasteiger partial charge is 0.367 e. The van der Waals surface area contributed by atoms with Crippen molar-refractivity contribution in [1.29, 1.82) is 0 Å². The molecule has 1 amide bonds. The van der Waals surface area contributed by atoms with Crippen LogP contribution in [0.15, 0.2) is 48.8 Å². The van der Waals surface area contributed by atoms with Gasteiger partial charge in [-0.25, -0.2) is 0 Å². The maximum atomic E-state index is 12.6. The minimum Gasteiger partial charge on any atom is -0.367 e. The summed E-state index contributed by atoms with van der Waals surface area (Å²) in [7, 11) is 0. The summed E-state index contributed by atoms with van der Waals surface area (Å²) in [6.45, 7) is 5.26. The van der Waals surface area contributed by atoms with Gasteiger partial charge in [-0.2, -0.15) is 0 Å². The molecule has 0 spiro atoms. The van der Waals surface area contributed by atoms with Crippen LogP contribution in [0, 0.1) is 6.92 Å². The first-order valence-electron chi connectivity index (χ1n) is 7.55. The highest BCUT2D eigenvalue weighted by Gasteiger charge is 2.29. The van der Waals surface area contributed by atoms with Gasteiger partial charge in [0.25, 0.3) is 5.91 Å². The Balaban J connectivity index is 1.79. The number of aryl methyl sites for hydroxylation is 1. The lowest BCUT2D eigenvalue weighted by Crippen LogP contribution is -2.45. The highest BCUT2D eigenvalue weighted by molar-refractivity contribution is 5.94. The molecule has 2 heterocycles. The van der Waals surface area contributed by atoms with Gasteiger partial charge in [0.2, 0.25) is 0 Å². The van der Waals surface area contributed by atoms with E-state index in [1.165, 1.54) is 5.56 Å². The normalized spacial score (nSPS) is 21.6. The van der Waals surface area contributed by atoms with E-state index in [4.69, 9.17) is 4.74 Å². The lowest BCUT2D eigenvalue weighted by Gasteiger charge is -2.37. The van der Waals surface area contributed by atoms with E-state index in [0.29, 0.717) is 18.7 Å². The number of ether oxygens (including phenoxy) is 1. The second-order valence-corrected chi connectivity index (χ2v) is 5.79. The molecule has 3 rings (SSSR count). The Bertz CT molecular complexity index is 640. The van der Waals surface area contributed by atoms with Crippen molar-refractivity contribution in [3.8, 4) is 0 Å². The number of hydrogen-bond acceptors (Lipinski definition) is 3. The Morgan fingerprint density at radius 3 is 2.50 bits per heavy atom. The standard InChI is InChI=1S/C18H20N2O2/c1-13-3-5-15(6-4-13)17-12-20(11-14(2)22-17)18(21)16-7-9-19-10-8-16/h3-10,14,17H,11-12H2,1-2H3. The fourth-order valence-electron chi connectivity index (χ4n) is 2.76. The molecule has 1 saturated heterocycles. The summed E-state index contributed by atoms with van der Waals surface area (Å²) >= 11 is 0. The first-order chi connectivity index (χ1) is 10.6. The molecule has 1 aliphatic heterocycles. The molecule has 0 N–H and O–H groups in total. The van der Waals surface area contributed by atoms with E-state index in [9.17, 15) is 4.79 Å². The molecule has 22 heavy (non-hydrogen) atoms. The van der Waals surface area contributed by atoms with Gasteiger partial charge in [-0.3, -0.25) is 9.78 Å². The van der Waals surface area contributed by atoms with Crippen LogP contribution < -0.4 is 0 Å². The van der Waals surface area contributed by atoms with Gasteiger partial charge >= 0.3 is 0 Å². The molecule has 2 unspecified atom stereocenters. The summed E-state index contributed by atoms with van der Waals surface area (Å²) in [5.74, 6) is 0.0367. The first-order valence-corrected chi connectivity index (χ1v) is 7.55. The highest BCUT2D eigenvalue weighted by atomic mass is 16.5. The molecule has 0 radical (unpaired) electrons. The maximum absolute atomic E-state index is 12.6. The zero-order valence-corrected chi connectivity index (χ0v) is 12.9. The van der Waals surface area contributed by atoms with E-state index in [-0.39, 0.29) is 18.1 Å². The predicted octanol–water partition coefficient (Wildman–Crippen LogP) is 2.99. The predicted molar refractivity (Wildman–Crippen MR) is 84.6 cm³/mol. The molecule has 0 saturated carbocycles. The Morgan fingerprint density at radius 2 is 1.82 bits per heavy atom. The van der Waals surface area contributed by atoms with E-state index in [1.54, 1.807) is 24.5 Å². The summed E-state index contributed by atoms with van der Waals surface area (Å²) in [6.07, 6.45) is 3.24. The van der Waals surface area contributed by atoms with E-state index in [0.717, 1.165) is 5.56 Å². The third kappa shape index (κ3) is 3.17. The molecule has 2 aromatic rings. The van der Waals surface area contributed by atoms with Gasteiger partial charge in [0.15, 0.2) is 0 Å². The monoisotopic (exact) mass is 296 g/mol. The smallest absolute Gasteiger partial charge is 0.254 e. The Labute approximate surface area is 130 Å². The summed E-state index contributed by atoms with van der Waals surface area (Å²) in [6, 6.07) is 11.8. The minimum absolute atomic E-state index is 0.0193. The summed E-state index contributed by atoms with van der Waals surface area (Å²) in [5.41, 5.74) is 3.01. The second-order valence-electron chi connectivity index (χ2n) is 5.79. The van der Waals surface area contributed by atoms with Gasteiger partial charge in [-0.05, 0) is 31.5 Å². The number of aromatic nitrogens is 1. The molecule has 0 bridgehead atoms. The molecule has 1 fully saturated rings. The van der Waals surface area contributed by atoms with Gasteiger partial charge in [0.1, 0.15) is 6.10 Å². The fourth-order valence-corrected chi connectivity index (χ4v) is 2.76. The number of carbonyl (C=O) groups is 1. The Hall–Kier alpha value is -2.20. The molecule has 4 nitrogen and oxygen atoms in total.